The predicted octanol–water partition coefficient (Wildman–Crippen LogP) is 3.33. The number of anilines is 1. The Balaban J connectivity index is 2.17. The Hall–Kier alpha value is -1.61. The molecule has 3 heteroatoms. The van der Waals surface area contributed by atoms with E-state index in [0.717, 1.165) is 24.6 Å². The molecular formula is C17H23N3. The summed E-state index contributed by atoms with van der Waals surface area (Å²) in [6.07, 6.45) is 2.48. The first-order valence-electron chi connectivity index (χ1n) is 7.43. The summed E-state index contributed by atoms with van der Waals surface area (Å²) in [5.74, 6) is 1.15. The van der Waals surface area contributed by atoms with E-state index in [1.54, 1.807) is 0 Å². The Labute approximate surface area is 121 Å². The van der Waals surface area contributed by atoms with Crippen LogP contribution in [0.3, 0.4) is 0 Å². The average molecular weight is 269 g/mol. The molecule has 1 aliphatic heterocycles. The van der Waals surface area contributed by atoms with Crippen LogP contribution in [0.1, 0.15) is 32.4 Å². The Morgan fingerprint density at radius 3 is 2.80 bits per heavy atom. The summed E-state index contributed by atoms with van der Waals surface area (Å²) in [7, 11) is 1.97. The number of nitrogens with one attached hydrogen (secondary N) is 1. The average Bonchev–Trinajstić information content (AvgIpc) is 2.78. The van der Waals surface area contributed by atoms with Gasteiger partial charge in [0.05, 0.1) is 5.69 Å². The van der Waals surface area contributed by atoms with Crippen molar-refractivity contribution in [3.05, 3.63) is 36.0 Å². The van der Waals surface area contributed by atoms with E-state index in [1.165, 1.54) is 23.6 Å². The molecule has 0 bridgehead atoms. The molecule has 3 rings (SSSR count). The van der Waals surface area contributed by atoms with Gasteiger partial charge in [0, 0.05) is 24.0 Å². The van der Waals surface area contributed by atoms with Gasteiger partial charge in [0.15, 0.2) is 0 Å². The van der Waals surface area contributed by atoms with Crippen LogP contribution in [-0.4, -0.2) is 24.1 Å². The van der Waals surface area contributed by atoms with E-state index in [1.807, 2.05) is 7.05 Å². The van der Waals surface area contributed by atoms with E-state index in [9.17, 15) is 0 Å². The zero-order chi connectivity index (χ0) is 14.2. The Morgan fingerprint density at radius 1 is 1.30 bits per heavy atom. The number of benzene rings is 1. The molecule has 1 saturated heterocycles. The van der Waals surface area contributed by atoms with Gasteiger partial charge in [0.1, 0.15) is 5.82 Å². The third-order valence-corrected chi connectivity index (χ3v) is 4.29. The molecule has 0 radical (unpaired) electrons. The molecule has 20 heavy (non-hydrogen) atoms. The van der Waals surface area contributed by atoms with Crippen molar-refractivity contribution in [2.45, 2.75) is 38.8 Å². The molecule has 1 aliphatic rings. The van der Waals surface area contributed by atoms with Crippen LogP contribution in [0.4, 0.5) is 5.82 Å². The van der Waals surface area contributed by atoms with Crippen molar-refractivity contribution in [2.24, 2.45) is 0 Å². The lowest BCUT2D eigenvalue weighted by Crippen LogP contribution is -2.39. The second kappa shape index (κ2) is 5.06. The van der Waals surface area contributed by atoms with Crippen LogP contribution in [0.15, 0.2) is 30.3 Å². The topological polar surface area (TPSA) is 28.2 Å². The minimum atomic E-state index is 0.202. The Bertz CT molecular complexity index is 619. The minimum absolute atomic E-state index is 0.202. The number of aromatic nitrogens is 1. The summed E-state index contributed by atoms with van der Waals surface area (Å²) in [6, 6.07) is 10.8. The second-order valence-electron chi connectivity index (χ2n) is 6.26. The van der Waals surface area contributed by atoms with Crippen molar-refractivity contribution in [3.63, 3.8) is 0 Å². The number of pyridine rings is 1. The van der Waals surface area contributed by atoms with Crippen molar-refractivity contribution in [3.8, 4) is 0 Å². The minimum Gasteiger partial charge on any atom is -0.351 e. The van der Waals surface area contributed by atoms with Gasteiger partial charge >= 0.3 is 0 Å². The molecule has 0 amide bonds. The molecular weight excluding hydrogens is 246 g/mol. The highest BCUT2D eigenvalue weighted by Gasteiger charge is 2.33. The molecule has 1 aromatic carbocycles. The first-order chi connectivity index (χ1) is 9.62. The maximum Gasteiger partial charge on any atom is 0.137 e. The third kappa shape index (κ3) is 2.27. The number of nitrogens with zero attached hydrogens (tertiary/aromatic N) is 2. The van der Waals surface area contributed by atoms with Gasteiger partial charge in [-0.05, 0) is 45.2 Å². The fraction of sp³-hybridized carbons (Fsp3) is 0.471. The smallest absolute Gasteiger partial charge is 0.137 e. The monoisotopic (exact) mass is 269 g/mol. The predicted molar refractivity (Wildman–Crippen MR) is 85.2 cm³/mol. The van der Waals surface area contributed by atoms with Crippen LogP contribution >= 0.6 is 0 Å². The van der Waals surface area contributed by atoms with E-state index in [4.69, 9.17) is 4.98 Å². The summed E-state index contributed by atoms with van der Waals surface area (Å²) in [4.78, 5) is 7.41. The molecule has 0 saturated carbocycles. The molecule has 1 N–H and O–H groups in total. The van der Waals surface area contributed by atoms with E-state index < -0.39 is 0 Å². The fourth-order valence-electron chi connectivity index (χ4n) is 3.21. The number of fused-ring (bicyclic) bond motifs is 1. The Morgan fingerprint density at radius 2 is 2.10 bits per heavy atom. The van der Waals surface area contributed by atoms with Crippen molar-refractivity contribution in [2.75, 3.05) is 18.5 Å². The zero-order valence-corrected chi connectivity index (χ0v) is 12.6. The summed E-state index contributed by atoms with van der Waals surface area (Å²) < 4.78 is 0. The molecule has 0 aliphatic carbocycles. The standard InChI is InChI=1S/C17H23N3/c1-17(2)9-6-10-20(17)16-15-8-5-4-7-13(15)11-14(19-16)12-18-3/h4-5,7-8,11,18H,6,9-10,12H2,1-3H3. The van der Waals surface area contributed by atoms with Gasteiger partial charge in [-0.1, -0.05) is 24.3 Å². The third-order valence-electron chi connectivity index (χ3n) is 4.29. The van der Waals surface area contributed by atoms with E-state index >= 15 is 0 Å². The van der Waals surface area contributed by atoms with Crippen LogP contribution in [0, 0.1) is 0 Å². The van der Waals surface area contributed by atoms with Crippen molar-refractivity contribution >= 4 is 16.6 Å². The first-order valence-corrected chi connectivity index (χ1v) is 7.43. The molecule has 0 atom stereocenters. The zero-order valence-electron chi connectivity index (χ0n) is 12.6. The van der Waals surface area contributed by atoms with Gasteiger partial charge in [0.2, 0.25) is 0 Å². The quantitative estimate of drug-likeness (QED) is 0.926. The molecule has 0 spiro atoms. The van der Waals surface area contributed by atoms with Crippen LogP contribution in [0.5, 0.6) is 0 Å². The van der Waals surface area contributed by atoms with Gasteiger partial charge in [-0.3, -0.25) is 0 Å². The molecule has 1 fully saturated rings. The molecule has 1 aromatic heterocycles. The molecule has 2 aromatic rings. The van der Waals surface area contributed by atoms with Crippen LogP contribution in [0.2, 0.25) is 0 Å². The summed E-state index contributed by atoms with van der Waals surface area (Å²) >= 11 is 0. The number of hydrogen-bond acceptors (Lipinski definition) is 3. The lowest BCUT2D eigenvalue weighted by Gasteiger charge is -2.33. The highest BCUT2D eigenvalue weighted by molar-refractivity contribution is 5.93. The highest BCUT2D eigenvalue weighted by Crippen LogP contribution is 2.36. The van der Waals surface area contributed by atoms with Crippen LogP contribution < -0.4 is 10.2 Å². The Kier molecular flexibility index (Phi) is 3.38. The van der Waals surface area contributed by atoms with Gasteiger partial charge < -0.3 is 10.2 Å². The SMILES string of the molecule is CNCc1cc2ccccc2c(N2CCCC2(C)C)n1. The number of rotatable bonds is 3. The first kappa shape index (κ1) is 13.4. The van der Waals surface area contributed by atoms with E-state index in [-0.39, 0.29) is 5.54 Å². The largest absolute Gasteiger partial charge is 0.351 e. The van der Waals surface area contributed by atoms with Crippen LogP contribution in [-0.2, 0) is 6.54 Å². The molecule has 2 heterocycles. The van der Waals surface area contributed by atoms with Crippen molar-refractivity contribution < 1.29 is 0 Å². The summed E-state index contributed by atoms with van der Waals surface area (Å²) in [5.41, 5.74) is 1.32. The van der Waals surface area contributed by atoms with Gasteiger partial charge in [-0.15, -0.1) is 0 Å². The highest BCUT2D eigenvalue weighted by atomic mass is 15.3. The second-order valence-corrected chi connectivity index (χ2v) is 6.26. The van der Waals surface area contributed by atoms with Gasteiger partial charge in [-0.2, -0.15) is 0 Å². The van der Waals surface area contributed by atoms with E-state index in [0.29, 0.717) is 0 Å². The normalized spacial score (nSPS) is 17.9. The van der Waals surface area contributed by atoms with Gasteiger partial charge in [-0.25, -0.2) is 4.98 Å². The lowest BCUT2D eigenvalue weighted by atomic mass is 10.0. The summed E-state index contributed by atoms with van der Waals surface area (Å²) in [5, 5.41) is 5.76. The van der Waals surface area contributed by atoms with Crippen molar-refractivity contribution in [1.82, 2.24) is 10.3 Å². The summed E-state index contributed by atoms with van der Waals surface area (Å²) in [6.45, 7) is 6.56. The van der Waals surface area contributed by atoms with E-state index in [2.05, 4.69) is 54.4 Å². The van der Waals surface area contributed by atoms with Crippen molar-refractivity contribution in [1.29, 1.82) is 0 Å². The van der Waals surface area contributed by atoms with Gasteiger partial charge in [0.25, 0.3) is 0 Å². The van der Waals surface area contributed by atoms with Crippen LogP contribution in [0.25, 0.3) is 10.8 Å². The fourth-order valence-corrected chi connectivity index (χ4v) is 3.21. The maximum atomic E-state index is 4.93. The maximum absolute atomic E-state index is 4.93. The molecule has 0 unspecified atom stereocenters. The number of hydrogen-bond donors (Lipinski definition) is 1. The lowest BCUT2D eigenvalue weighted by molar-refractivity contribution is 0.515. The molecule has 106 valence electrons. The molecule has 3 nitrogen and oxygen atoms in total.